The molecule has 412 valence electrons. The van der Waals surface area contributed by atoms with Crippen molar-refractivity contribution in [3.63, 3.8) is 0 Å². The lowest BCUT2D eigenvalue weighted by molar-refractivity contribution is -0.141. The summed E-state index contributed by atoms with van der Waals surface area (Å²) in [6, 6.07) is 30.6. The smallest absolute Gasteiger partial charge is 0.307 e. The van der Waals surface area contributed by atoms with Crippen molar-refractivity contribution in [2.24, 2.45) is 11.8 Å². The first-order chi connectivity index (χ1) is 38.4. The number of carboxylic acids is 1. The summed E-state index contributed by atoms with van der Waals surface area (Å²) < 4.78 is 0. The largest absolute Gasteiger partial charge is 0.508 e. The first-order valence-corrected chi connectivity index (χ1v) is 27.6. The number of hydrogen-bond donors (Lipinski definition) is 5. The van der Waals surface area contributed by atoms with E-state index in [2.05, 4.69) is 64.2 Å². The van der Waals surface area contributed by atoms with Crippen molar-refractivity contribution in [1.29, 1.82) is 0 Å². The highest BCUT2D eigenvalue weighted by Crippen LogP contribution is 2.45. The number of carbonyl (C=O) groups is 4. The number of aromatic hydroxyl groups is 2. The number of hydrogen-bond acceptors (Lipinski definition) is 15. The zero-order valence-electron chi connectivity index (χ0n) is 44.5. The summed E-state index contributed by atoms with van der Waals surface area (Å²) in [5.74, 6) is 2.04. The normalized spacial score (nSPS) is 19.4. The molecular weight excluding hydrogens is 1000 g/mol. The number of benzene rings is 4. The maximum Gasteiger partial charge on any atom is 0.307 e. The van der Waals surface area contributed by atoms with Gasteiger partial charge in [0, 0.05) is 124 Å². The maximum atomic E-state index is 13.0. The quantitative estimate of drug-likeness (QED) is 0.0623. The van der Waals surface area contributed by atoms with Gasteiger partial charge in [0.05, 0.1) is 24.9 Å². The van der Waals surface area contributed by atoms with Crippen molar-refractivity contribution in [1.82, 2.24) is 39.5 Å². The van der Waals surface area contributed by atoms with E-state index in [-0.39, 0.29) is 29.6 Å². The number of piperazine rings is 2. The van der Waals surface area contributed by atoms with E-state index in [0.717, 1.165) is 97.0 Å². The first-order valence-electron chi connectivity index (χ1n) is 27.6. The van der Waals surface area contributed by atoms with Gasteiger partial charge in [-0.05, 0) is 172 Å². The summed E-state index contributed by atoms with van der Waals surface area (Å²) in [7, 11) is 0. The molecule has 6 N–H and O–H groups in total. The molecule has 2 atom stereocenters. The number of aromatic nitrogens is 4. The zero-order valence-corrected chi connectivity index (χ0v) is 44.5. The van der Waals surface area contributed by atoms with Crippen LogP contribution >= 0.6 is 0 Å². The van der Waals surface area contributed by atoms with Crippen LogP contribution in [-0.4, -0.2) is 170 Å². The van der Waals surface area contributed by atoms with Crippen molar-refractivity contribution < 1.29 is 34.5 Å². The Bertz CT molecular complexity index is 3040. The van der Waals surface area contributed by atoms with E-state index in [1.807, 2.05) is 51.1 Å². The Balaban J connectivity index is 0.000000153. The molecule has 4 aromatic carbocycles. The van der Waals surface area contributed by atoms with Gasteiger partial charge in [0.1, 0.15) is 11.5 Å². The number of anilines is 4. The van der Waals surface area contributed by atoms with Gasteiger partial charge in [0.25, 0.3) is 0 Å². The fraction of sp³-hybridized carbons (Fsp3) is 0.400. The van der Waals surface area contributed by atoms with Crippen molar-refractivity contribution >= 4 is 46.4 Å². The third-order valence-electron chi connectivity index (χ3n) is 15.7. The van der Waals surface area contributed by atoms with Gasteiger partial charge in [0.2, 0.25) is 17.7 Å². The molecule has 0 spiro atoms. The van der Waals surface area contributed by atoms with E-state index in [1.165, 1.54) is 12.8 Å². The highest BCUT2D eigenvalue weighted by atomic mass is 16.4. The van der Waals surface area contributed by atoms with E-state index in [1.54, 1.807) is 61.2 Å². The molecule has 0 radical (unpaired) electrons. The van der Waals surface area contributed by atoms with Crippen LogP contribution in [-0.2, 0) is 19.2 Å². The Labute approximate surface area is 460 Å². The number of nitrogens with zero attached hydrogens (tertiary/aromatic N) is 10. The number of nitrogens with one attached hydrogen (secondary N) is 1. The van der Waals surface area contributed by atoms with Crippen molar-refractivity contribution in [2.45, 2.75) is 50.4 Å². The fourth-order valence-electron chi connectivity index (χ4n) is 10.8. The second kappa shape index (κ2) is 25.1. The van der Waals surface area contributed by atoms with Crippen LogP contribution in [0.5, 0.6) is 11.5 Å². The maximum absolute atomic E-state index is 13.0. The number of likely N-dealkylation sites (tertiary alicyclic amines) is 2. The van der Waals surface area contributed by atoms with Gasteiger partial charge in [-0.3, -0.25) is 29.0 Å². The van der Waals surface area contributed by atoms with Gasteiger partial charge >= 0.3 is 5.97 Å². The third kappa shape index (κ3) is 14.3. The standard InChI is InChI=1S/C30H34N6O3.C21H25N5O3.C9H11NO/c37-27-9-6-24(18-26(27)21-2-3-21)33-30(39)23-10-13-34(19-23)20-28(38)36-16-14-35(15-17-36)25-7-4-22(5-8-25)29-31-11-1-12-32-29;27-19(15-24-9-6-17(14-24)21(28)29)26-12-10-25(11-13-26)18-4-2-16(3-5-18)20-22-7-1-8-23-20;10-7-3-4-9(11)8(5-7)6-1-2-6/h1,4-9,11-12,18,21,23,37H,2-3,10,13-17,19-20H2,(H,33,39);1-5,7-8,17H,6,9-15H2,(H,28,29);3-6,11H,1-2,10H2/t23-;17-;/m11./s1. The van der Waals surface area contributed by atoms with E-state index in [9.17, 15) is 29.4 Å². The Kier molecular flexibility index (Phi) is 17.2. The number of nitrogens with two attached hydrogens (primary N) is 1. The Morgan fingerprint density at radius 2 is 0.949 bits per heavy atom. The molecular formula is C60H70N12O7. The van der Waals surface area contributed by atoms with Gasteiger partial charge < -0.3 is 46.0 Å². The molecule has 2 aliphatic carbocycles. The highest BCUT2D eigenvalue weighted by Gasteiger charge is 2.34. The number of aliphatic carboxylic acids is 1. The fourth-order valence-corrected chi connectivity index (χ4v) is 10.8. The summed E-state index contributed by atoms with van der Waals surface area (Å²) in [4.78, 5) is 79.2. The average Bonchev–Trinajstić information content (AvgIpc) is 4.44. The Hall–Kier alpha value is -8.16. The number of phenols is 2. The molecule has 0 bridgehead atoms. The van der Waals surface area contributed by atoms with Crippen LogP contribution in [0.3, 0.4) is 0 Å². The Morgan fingerprint density at radius 3 is 1.39 bits per heavy atom. The monoisotopic (exact) mass is 1070 g/mol. The van der Waals surface area contributed by atoms with E-state index in [4.69, 9.17) is 10.8 Å². The SMILES string of the molecule is Nc1ccc(O)c(C2CC2)c1.O=C(Nc1ccc(O)c(C2CC2)c1)[C@@H]1CCN(CC(=O)N2CCN(c3ccc(-c4ncccn4)cc3)CC2)C1.O=C(O)[C@@H]1CCN(CC(=O)N2CCN(c3ccc(-c4ncccn4)cc3)CC2)C1. The zero-order chi connectivity index (χ0) is 54.8. The molecule has 6 aromatic rings. The molecule has 79 heavy (non-hydrogen) atoms. The van der Waals surface area contributed by atoms with E-state index >= 15 is 0 Å². The third-order valence-corrected chi connectivity index (χ3v) is 15.7. The second-order valence-corrected chi connectivity index (χ2v) is 21.4. The van der Waals surface area contributed by atoms with Crippen LogP contribution in [0.15, 0.2) is 122 Å². The van der Waals surface area contributed by atoms with Crippen LogP contribution in [0.1, 0.15) is 61.5 Å². The van der Waals surface area contributed by atoms with Gasteiger partial charge in [0.15, 0.2) is 11.6 Å². The molecule has 19 nitrogen and oxygen atoms in total. The number of carbonyl (C=O) groups excluding carboxylic acids is 3. The lowest BCUT2D eigenvalue weighted by Crippen LogP contribution is -2.51. The summed E-state index contributed by atoms with van der Waals surface area (Å²) in [6.45, 7) is 9.00. The van der Waals surface area contributed by atoms with Crippen molar-refractivity contribution in [2.75, 3.05) is 112 Å². The lowest BCUT2D eigenvalue weighted by Gasteiger charge is -2.36. The van der Waals surface area contributed by atoms with E-state index in [0.29, 0.717) is 100 Å². The first kappa shape index (κ1) is 54.2. The molecule has 12 rings (SSSR count). The number of carboxylic acid groups (broad SMARTS) is 1. The number of nitrogen functional groups attached to an aromatic ring is 1. The summed E-state index contributed by atoms with van der Waals surface area (Å²) >= 11 is 0. The Morgan fingerprint density at radius 1 is 0.519 bits per heavy atom. The van der Waals surface area contributed by atoms with Crippen LogP contribution in [0.25, 0.3) is 22.8 Å². The molecule has 2 aromatic heterocycles. The molecule has 2 saturated carbocycles. The molecule has 6 heterocycles. The van der Waals surface area contributed by atoms with Gasteiger partial charge in [-0.25, -0.2) is 19.9 Å². The predicted molar refractivity (Wildman–Crippen MR) is 302 cm³/mol. The second-order valence-electron chi connectivity index (χ2n) is 21.4. The minimum absolute atomic E-state index is 0.0177. The van der Waals surface area contributed by atoms with Crippen LogP contribution in [0, 0.1) is 11.8 Å². The van der Waals surface area contributed by atoms with Crippen molar-refractivity contribution in [3.8, 4) is 34.3 Å². The summed E-state index contributed by atoms with van der Waals surface area (Å²) in [5, 5.41) is 31.6. The average molecular weight is 1070 g/mol. The number of amides is 3. The number of rotatable bonds is 13. The topological polar surface area (TPSA) is 238 Å². The summed E-state index contributed by atoms with van der Waals surface area (Å²) in [6.07, 6.45) is 12.9. The molecule has 19 heteroatoms. The summed E-state index contributed by atoms with van der Waals surface area (Å²) in [5.41, 5.74) is 13.2. The van der Waals surface area contributed by atoms with E-state index < -0.39 is 5.97 Å². The number of phenolic OH excluding ortho intramolecular Hbond substituents is 2. The molecule has 4 saturated heterocycles. The molecule has 0 unspecified atom stereocenters. The van der Waals surface area contributed by atoms with Crippen LogP contribution < -0.4 is 20.9 Å². The molecule has 3 amide bonds. The lowest BCUT2D eigenvalue weighted by atomic mass is 10.1. The van der Waals surface area contributed by atoms with Gasteiger partial charge in [-0.1, -0.05) is 0 Å². The van der Waals surface area contributed by atoms with Gasteiger partial charge in [-0.2, -0.15) is 0 Å². The van der Waals surface area contributed by atoms with Gasteiger partial charge in [-0.15, -0.1) is 0 Å². The predicted octanol–water partition coefficient (Wildman–Crippen LogP) is 6.39. The van der Waals surface area contributed by atoms with Crippen LogP contribution in [0.4, 0.5) is 22.7 Å². The highest BCUT2D eigenvalue weighted by molar-refractivity contribution is 5.93. The van der Waals surface area contributed by atoms with Crippen molar-refractivity contribution in [3.05, 3.63) is 133 Å². The molecule has 6 fully saturated rings. The molecule has 6 aliphatic rings. The van der Waals surface area contributed by atoms with Crippen LogP contribution in [0.2, 0.25) is 0 Å². The minimum Gasteiger partial charge on any atom is -0.508 e. The minimum atomic E-state index is -0.765. The molecule has 4 aliphatic heterocycles.